The van der Waals surface area contributed by atoms with Crippen molar-refractivity contribution in [3.63, 3.8) is 0 Å². The molecule has 0 spiro atoms. The van der Waals surface area contributed by atoms with E-state index in [1.807, 2.05) is 18.2 Å². The second-order valence-corrected chi connectivity index (χ2v) is 4.59. The zero-order valence-corrected chi connectivity index (χ0v) is 10.3. The van der Waals surface area contributed by atoms with Crippen molar-refractivity contribution in [2.24, 2.45) is 0 Å². The molecule has 2 rings (SSSR count). The summed E-state index contributed by atoms with van der Waals surface area (Å²) >= 11 is 0. The van der Waals surface area contributed by atoms with Crippen LogP contribution in [0.2, 0.25) is 0 Å². The molecule has 1 aromatic rings. The van der Waals surface area contributed by atoms with Crippen molar-refractivity contribution < 1.29 is 4.79 Å². The highest BCUT2D eigenvalue weighted by Gasteiger charge is 2.21. The van der Waals surface area contributed by atoms with Crippen LogP contribution in [0.25, 0.3) is 0 Å². The first-order chi connectivity index (χ1) is 8.29. The molecule has 1 saturated carbocycles. The van der Waals surface area contributed by atoms with Gasteiger partial charge in [-0.3, -0.25) is 4.79 Å². The molecule has 3 nitrogen and oxygen atoms in total. The van der Waals surface area contributed by atoms with Crippen LogP contribution in [0.1, 0.15) is 37.8 Å². The van der Waals surface area contributed by atoms with Gasteiger partial charge >= 0.3 is 0 Å². The lowest BCUT2D eigenvalue weighted by molar-refractivity contribution is -0.121. The smallest absolute Gasteiger partial charge is 0.234 e. The highest BCUT2D eigenvalue weighted by Crippen LogP contribution is 2.18. The molecule has 0 saturated heterocycles. The van der Waals surface area contributed by atoms with E-state index in [1.165, 1.54) is 18.4 Å². The van der Waals surface area contributed by atoms with Gasteiger partial charge in [0.1, 0.15) is 0 Å². The largest absolute Gasteiger partial charge is 0.348 e. The molecule has 0 heterocycles. The lowest BCUT2D eigenvalue weighted by Gasteiger charge is -2.17. The van der Waals surface area contributed by atoms with Crippen molar-refractivity contribution in [1.82, 2.24) is 10.6 Å². The van der Waals surface area contributed by atoms with Crippen LogP contribution in [0.15, 0.2) is 30.3 Å². The van der Waals surface area contributed by atoms with Crippen molar-refractivity contribution in [3.8, 4) is 0 Å². The van der Waals surface area contributed by atoms with E-state index in [4.69, 9.17) is 0 Å². The van der Waals surface area contributed by atoms with Crippen LogP contribution in [0.3, 0.4) is 0 Å². The third-order valence-corrected chi connectivity index (χ3v) is 3.07. The number of rotatable bonds is 6. The Kier molecular flexibility index (Phi) is 4.15. The van der Waals surface area contributed by atoms with Crippen molar-refractivity contribution in [3.05, 3.63) is 35.9 Å². The minimum atomic E-state index is 0.0904. The molecule has 0 aliphatic heterocycles. The van der Waals surface area contributed by atoms with Gasteiger partial charge in [0.2, 0.25) is 5.91 Å². The van der Waals surface area contributed by atoms with E-state index in [9.17, 15) is 4.79 Å². The third kappa shape index (κ3) is 3.86. The molecule has 3 heteroatoms. The van der Waals surface area contributed by atoms with Crippen LogP contribution in [0.5, 0.6) is 0 Å². The van der Waals surface area contributed by atoms with Gasteiger partial charge in [-0.25, -0.2) is 0 Å². The molecule has 1 aliphatic carbocycles. The molecule has 2 N–H and O–H groups in total. The zero-order valence-electron chi connectivity index (χ0n) is 10.3. The van der Waals surface area contributed by atoms with Crippen molar-refractivity contribution >= 4 is 5.91 Å². The van der Waals surface area contributed by atoms with Gasteiger partial charge in [0.05, 0.1) is 12.6 Å². The van der Waals surface area contributed by atoms with Gasteiger partial charge in [0.25, 0.3) is 0 Å². The predicted octanol–water partition coefficient (Wildman–Crippen LogP) is 2.01. The summed E-state index contributed by atoms with van der Waals surface area (Å²) in [5, 5.41) is 6.29. The molecule has 1 fully saturated rings. The highest BCUT2D eigenvalue weighted by atomic mass is 16.2. The molecule has 0 aromatic heterocycles. The fourth-order valence-electron chi connectivity index (χ4n) is 1.88. The van der Waals surface area contributed by atoms with Gasteiger partial charge < -0.3 is 10.6 Å². The molecule has 0 bridgehead atoms. The van der Waals surface area contributed by atoms with Crippen molar-refractivity contribution in [2.45, 2.75) is 38.3 Å². The van der Waals surface area contributed by atoms with Crippen LogP contribution in [0, 0.1) is 0 Å². The van der Waals surface area contributed by atoms with Crippen LogP contribution < -0.4 is 10.6 Å². The number of nitrogens with one attached hydrogen (secondary N) is 2. The number of amides is 1. The maximum atomic E-state index is 11.7. The molecule has 17 heavy (non-hydrogen) atoms. The third-order valence-electron chi connectivity index (χ3n) is 3.07. The van der Waals surface area contributed by atoms with E-state index in [2.05, 4.69) is 29.7 Å². The van der Waals surface area contributed by atoms with Gasteiger partial charge in [-0.05, 0) is 24.8 Å². The first-order valence-corrected chi connectivity index (χ1v) is 6.37. The van der Waals surface area contributed by atoms with Crippen LogP contribution in [-0.2, 0) is 4.79 Å². The summed E-state index contributed by atoms with van der Waals surface area (Å²) in [6.45, 7) is 2.53. The van der Waals surface area contributed by atoms with Gasteiger partial charge in [-0.1, -0.05) is 37.3 Å². The Balaban J connectivity index is 1.83. The molecule has 1 amide bonds. The summed E-state index contributed by atoms with van der Waals surface area (Å²) in [4.78, 5) is 11.7. The summed E-state index contributed by atoms with van der Waals surface area (Å²) in [5.74, 6) is 0.0904. The van der Waals surface area contributed by atoms with E-state index >= 15 is 0 Å². The number of carbonyl (C=O) groups is 1. The summed E-state index contributed by atoms with van der Waals surface area (Å²) in [6, 6.07) is 10.8. The molecular weight excluding hydrogens is 212 g/mol. The van der Waals surface area contributed by atoms with Gasteiger partial charge in [-0.2, -0.15) is 0 Å². The maximum absolute atomic E-state index is 11.7. The van der Waals surface area contributed by atoms with E-state index < -0.39 is 0 Å². The quantitative estimate of drug-likeness (QED) is 0.787. The normalized spacial score (nSPS) is 16.5. The zero-order chi connectivity index (χ0) is 12.1. The lowest BCUT2D eigenvalue weighted by atomic mass is 10.0. The standard InChI is InChI=1S/C14H20N2O/c1-2-13(11-6-4-3-5-7-11)16-14(17)10-15-12-8-9-12/h3-7,12-13,15H,2,8-10H2,1H3,(H,16,17). The second-order valence-electron chi connectivity index (χ2n) is 4.59. The number of hydrogen-bond acceptors (Lipinski definition) is 2. The Bertz CT molecular complexity index is 360. The molecule has 0 radical (unpaired) electrons. The highest BCUT2D eigenvalue weighted by molar-refractivity contribution is 5.78. The Morgan fingerprint density at radius 3 is 2.65 bits per heavy atom. The Hall–Kier alpha value is -1.35. The molecular formula is C14H20N2O. The minimum Gasteiger partial charge on any atom is -0.348 e. The molecule has 92 valence electrons. The van der Waals surface area contributed by atoms with Crippen molar-refractivity contribution in [1.29, 1.82) is 0 Å². The molecule has 1 atom stereocenters. The van der Waals surface area contributed by atoms with Gasteiger partial charge in [0, 0.05) is 6.04 Å². The predicted molar refractivity (Wildman–Crippen MR) is 68.6 cm³/mol. The van der Waals surface area contributed by atoms with Crippen LogP contribution in [0.4, 0.5) is 0 Å². The van der Waals surface area contributed by atoms with Gasteiger partial charge in [-0.15, -0.1) is 0 Å². The topological polar surface area (TPSA) is 41.1 Å². The fourth-order valence-corrected chi connectivity index (χ4v) is 1.88. The SMILES string of the molecule is CCC(NC(=O)CNC1CC1)c1ccccc1. The molecule has 1 aliphatic rings. The Morgan fingerprint density at radius 1 is 1.35 bits per heavy atom. The summed E-state index contributed by atoms with van der Waals surface area (Å²) in [7, 11) is 0. The van der Waals surface area contributed by atoms with E-state index in [-0.39, 0.29) is 11.9 Å². The Morgan fingerprint density at radius 2 is 2.06 bits per heavy atom. The maximum Gasteiger partial charge on any atom is 0.234 e. The monoisotopic (exact) mass is 232 g/mol. The van der Waals surface area contributed by atoms with E-state index in [0.29, 0.717) is 12.6 Å². The summed E-state index contributed by atoms with van der Waals surface area (Å²) < 4.78 is 0. The average Bonchev–Trinajstić information content (AvgIpc) is 3.18. The lowest BCUT2D eigenvalue weighted by Crippen LogP contribution is -2.36. The number of benzene rings is 1. The Labute approximate surface area is 103 Å². The van der Waals surface area contributed by atoms with Crippen LogP contribution >= 0.6 is 0 Å². The van der Waals surface area contributed by atoms with Crippen LogP contribution in [-0.4, -0.2) is 18.5 Å². The number of carbonyl (C=O) groups excluding carboxylic acids is 1. The summed E-state index contributed by atoms with van der Waals surface area (Å²) in [5.41, 5.74) is 1.18. The molecule has 1 aromatic carbocycles. The van der Waals surface area contributed by atoms with Crippen molar-refractivity contribution in [2.75, 3.05) is 6.54 Å². The number of hydrogen-bond donors (Lipinski definition) is 2. The van der Waals surface area contributed by atoms with E-state index in [1.54, 1.807) is 0 Å². The second kappa shape index (κ2) is 5.82. The summed E-state index contributed by atoms with van der Waals surface area (Å²) in [6.07, 6.45) is 3.34. The minimum absolute atomic E-state index is 0.0904. The molecule has 1 unspecified atom stereocenters. The van der Waals surface area contributed by atoms with Gasteiger partial charge in [0.15, 0.2) is 0 Å². The first kappa shape index (κ1) is 12.1. The first-order valence-electron chi connectivity index (χ1n) is 6.37. The average molecular weight is 232 g/mol. The fraction of sp³-hybridized carbons (Fsp3) is 0.500. The van der Waals surface area contributed by atoms with E-state index in [0.717, 1.165) is 6.42 Å².